The summed E-state index contributed by atoms with van der Waals surface area (Å²) >= 11 is 0. The molecule has 158 valence electrons. The third-order valence-electron chi connectivity index (χ3n) is 5.31. The van der Waals surface area contributed by atoms with Crippen LogP contribution in [0.5, 0.6) is 0 Å². The minimum absolute atomic E-state index is 0. The van der Waals surface area contributed by atoms with Crippen molar-refractivity contribution in [3.63, 3.8) is 0 Å². The van der Waals surface area contributed by atoms with Gasteiger partial charge in [0.2, 0.25) is 5.91 Å². The standard InChI is InChI=1S/C21H33N3O3.ClH/c1-16(2)18-6-4-17(5-7-18)8-11-22-20(25)14-24-12-9-19(10-13-24)23(3)15-21(26)27;/h4-7,16,19H,8-15H2,1-3H3,(H,22,25)(H,26,27);1H. The van der Waals surface area contributed by atoms with Gasteiger partial charge >= 0.3 is 5.97 Å². The SMILES string of the molecule is CC(C)c1ccc(CCNC(=O)CN2CCC(N(C)CC(=O)O)CC2)cc1.Cl. The molecule has 0 atom stereocenters. The first-order chi connectivity index (χ1) is 12.8. The van der Waals surface area contributed by atoms with E-state index < -0.39 is 5.97 Å². The Kier molecular flexibility index (Phi) is 10.5. The molecule has 0 aliphatic carbocycles. The number of nitrogens with one attached hydrogen (secondary N) is 1. The van der Waals surface area contributed by atoms with Crippen molar-refractivity contribution < 1.29 is 14.7 Å². The fourth-order valence-corrected chi connectivity index (χ4v) is 3.54. The predicted molar refractivity (Wildman–Crippen MR) is 114 cm³/mol. The molecule has 1 saturated heterocycles. The molecule has 0 spiro atoms. The van der Waals surface area contributed by atoms with Gasteiger partial charge < -0.3 is 10.4 Å². The Hall–Kier alpha value is -1.63. The van der Waals surface area contributed by atoms with Crippen LogP contribution >= 0.6 is 12.4 Å². The van der Waals surface area contributed by atoms with Crippen LogP contribution in [0.2, 0.25) is 0 Å². The van der Waals surface area contributed by atoms with Gasteiger partial charge in [0.05, 0.1) is 13.1 Å². The second-order valence-corrected chi connectivity index (χ2v) is 7.81. The lowest BCUT2D eigenvalue weighted by atomic mass is 10.0. The van der Waals surface area contributed by atoms with Crippen molar-refractivity contribution in [1.82, 2.24) is 15.1 Å². The second-order valence-electron chi connectivity index (χ2n) is 7.81. The number of carboxylic acid groups (broad SMARTS) is 1. The number of nitrogens with zero attached hydrogens (tertiary/aromatic N) is 2. The molecule has 1 fully saturated rings. The molecule has 2 rings (SSSR count). The van der Waals surface area contributed by atoms with E-state index in [0.29, 0.717) is 19.0 Å². The Morgan fingerprint density at radius 1 is 1.21 bits per heavy atom. The summed E-state index contributed by atoms with van der Waals surface area (Å²) < 4.78 is 0. The molecule has 1 heterocycles. The molecule has 2 N–H and O–H groups in total. The average Bonchev–Trinajstić information content (AvgIpc) is 2.62. The molecule has 1 aromatic carbocycles. The van der Waals surface area contributed by atoms with Gasteiger partial charge in [0.15, 0.2) is 0 Å². The van der Waals surface area contributed by atoms with Crippen LogP contribution in [0.4, 0.5) is 0 Å². The predicted octanol–water partition coefficient (Wildman–Crippen LogP) is 2.37. The van der Waals surface area contributed by atoms with Gasteiger partial charge in [-0.15, -0.1) is 12.4 Å². The maximum atomic E-state index is 12.2. The van der Waals surface area contributed by atoms with Crippen LogP contribution in [0.25, 0.3) is 0 Å². The maximum absolute atomic E-state index is 12.2. The number of likely N-dealkylation sites (tertiary alicyclic amines) is 1. The molecule has 1 aliphatic rings. The van der Waals surface area contributed by atoms with Crippen molar-refractivity contribution in [1.29, 1.82) is 0 Å². The molecule has 0 bridgehead atoms. The summed E-state index contributed by atoms with van der Waals surface area (Å²) in [5.74, 6) is -0.198. The highest BCUT2D eigenvalue weighted by atomic mass is 35.5. The van der Waals surface area contributed by atoms with Crippen LogP contribution in [0, 0.1) is 0 Å². The summed E-state index contributed by atoms with van der Waals surface area (Å²) in [6.45, 7) is 7.17. The van der Waals surface area contributed by atoms with Crippen molar-refractivity contribution >= 4 is 24.3 Å². The third-order valence-corrected chi connectivity index (χ3v) is 5.31. The molecule has 0 saturated carbocycles. The van der Waals surface area contributed by atoms with Gasteiger partial charge in [0, 0.05) is 25.7 Å². The lowest BCUT2D eigenvalue weighted by Crippen LogP contribution is -2.47. The smallest absolute Gasteiger partial charge is 0.317 e. The van der Waals surface area contributed by atoms with Gasteiger partial charge in [-0.3, -0.25) is 19.4 Å². The van der Waals surface area contributed by atoms with Gasteiger partial charge in [-0.25, -0.2) is 0 Å². The highest BCUT2D eigenvalue weighted by Crippen LogP contribution is 2.16. The van der Waals surface area contributed by atoms with Crippen LogP contribution in [-0.2, 0) is 16.0 Å². The molecule has 7 heteroatoms. The summed E-state index contributed by atoms with van der Waals surface area (Å²) in [5, 5.41) is 11.9. The zero-order valence-electron chi connectivity index (χ0n) is 17.2. The Morgan fingerprint density at radius 3 is 2.36 bits per heavy atom. The number of carbonyl (C=O) groups excluding carboxylic acids is 1. The Balaban J connectivity index is 0.00000392. The zero-order chi connectivity index (χ0) is 19.8. The van der Waals surface area contributed by atoms with Crippen molar-refractivity contribution in [3.8, 4) is 0 Å². The summed E-state index contributed by atoms with van der Waals surface area (Å²) in [7, 11) is 1.86. The molecular weight excluding hydrogens is 378 g/mol. The summed E-state index contributed by atoms with van der Waals surface area (Å²) in [6, 6.07) is 8.88. The van der Waals surface area contributed by atoms with E-state index in [-0.39, 0.29) is 30.9 Å². The van der Waals surface area contributed by atoms with Crippen molar-refractivity contribution in [3.05, 3.63) is 35.4 Å². The molecular formula is C21H34ClN3O3. The Bertz CT molecular complexity index is 614. The van der Waals surface area contributed by atoms with Crippen molar-refractivity contribution in [2.24, 2.45) is 0 Å². The van der Waals surface area contributed by atoms with Crippen LogP contribution in [0.3, 0.4) is 0 Å². The molecule has 0 aromatic heterocycles. The number of rotatable bonds is 9. The second kappa shape index (κ2) is 12.0. The summed E-state index contributed by atoms with van der Waals surface area (Å²) in [5.41, 5.74) is 2.57. The fourth-order valence-electron chi connectivity index (χ4n) is 3.54. The number of piperidine rings is 1. The number of carboxylic acids is 1. The third kappa shape index (κ3) is 8.17. The number of hydrogen-bond acceptors (Lipinski definition) is 4. The topological polar surface area (TPSA) is 72.9 Å². The highest BCUT2D eigenvalue weighted by molar-refractivity contribution is 5.85. The lowest BCUT2D eigenvalue weighted by Gasteiger charge is -2.35. The van der Waals surface area contributed by atoms with Crippen LogP contribution in [0.1, 0.15) is 43.7 Å². The Morgan fingerprint density at radius 2 is 1.82 bits per heavy atom. The summed E-state index contributed by atoms with van der Waals surface area (Å²) in [6.07, 6.45) is 2.64. The fraction of sp³-hybridized carbons (Fsp3) is 0.619. The van der Waals surface area contributed by atoms with Gasteiger partial charge in [-0.1, -0.05) is 38.1 Å². The number of amides is 1. The van der Waals surface area contributed by atoms with Gasteiger partial charge in [0.25, 0.3) is 0 Å². The number of benzene rings is 1. The number of likely N-dealkylation sites (N-methyl/N-ethyl adjacent to an activating group) is 1. The number of aliphatic carboxylic acids is 1. The van der Waals surface area contributed by atoms with E-state index in [1.807, 2.05) is 11.9 Å². The van der Waals surface area contributed by atoms with E-state index >= 15 is 0 Å². The van der Waals surface area contributed by atoms with E-state index in [9.17, 15) is 9.59 Å². The molecule has 1 amide bonds. The number of carbonyl (C=O) groups is 2. The first-order valence-electron chi connectivity index (χ1n) is 9.85. The van der Waals surface area contributed by atoms with Gasteiger partial charge in [0.1, 0.15) is 0 Å². The highest BCUT2D eigenvalue weighted by Gasteiger charge is 2.24. The van der Waals surface area contributed by atoms with Crippen molar-refractivity contribution in [2.45, 2.75) is 45.1 Å². The van der Waals surface area contributed by atoms with E-state index in [2.05, 4.69) is 48.3 Å². The first-order valence-corrected chi connectivity index (χ1v) is 9.85. The van der Waals surface area contributed by atoms with E-state index in [1.165, 1.54) is 11.1 Å². The van der Waals surface area contributed by atoms with Crippen molar-refractivity contribution in [2.75, 3.05) is 39.8 Å². The minimum Gasteiger partial charge on any atom is -0.480 e. The van der Waals surface area contributed by atoms with E-state index in [4.69, 9.17) is 5.11 Å². The van der Waals surface area contributed by atoms with Crippen LogP contribution < -0.4 is 5.32 Å². The van der Waals surface area contributed by atoms with E-state index in [0.717, 1.165) is 32.4 Å². The Labute approximate surface area is 174 Å². The van der Waals surface area contributed by atoms with Crippen LogP contribution in [-0.4, -0.2) is 72.6 Å². The summed E-state index contributed by atoms with van der Waals surface area (Å²) in [4.78, 5) is 27.0. The monoisotopic (exact) mass is 411 g/mol. The van der Waals surface area contributed by atoms with Gasteiger partial charge in [-0.2, -0.15) is 0 Å². The minimum atomic E-state index is -0.793. The van der Waals surface area contributed by atoms with Crippen LogP contribution in [0.15, 0.2) is 24.3 Å². The normalized spacial score (nSPS) is 15.5. The van der Waals surface area contributed by atoms with E-state index in [1.54, 1.807) is 0 Å². The quantitative estimate of drug-likeness (QED) is 0.652. The first kappa shape index (κ1) is 24.4. The molecule has 0 unspecified atom stereocenters. The molecule has 6 nitrogen and oxygen atoms in total. The zero-order valence-corrected chi connectivity index (χ0v) is 18.0. The number of hydrogen-bond donors (Lipinski definition) is 2. The lowest BCUT2D eigenvalue weighted by molar-refractivity contribution is -0.138. The van der Waals surface area contributed by atoms with Gasteiger partial charge in [-0.05, 0) is 43.4 Å². The average molecular weight is 412 g/mol. The molecule has 0 radical (unpaired) electrons. The molecule has 1 aromatic rings. The largest absolute Gasteiger partial charge is 0.480 e. The molecule has 28 heavy (non-hydrogen) atoms. The maximum Gasteiger partial charge on any atom is 0.317 e. The number of halogens is 1. The molecule has 1 aliphatic heterocycles.